The van der Waals surface area contributed by atoms with Crippen LogP contribution in [0.15, 0.2) is 24.7 Å². The second-order valence-electron chi connectivity index (χ2n) is 11.4. The second-order valence-corrected chi connectivity index (χ2v) is 18.9. The summed E-state index contributed by atoms with van der Waals surface area (Å²) in [7, 11) is -4.84. The van der Waals surface area contributed by atoms with E-state index in [1.165, 1.54) is 0 Å². The third kappa shape index (κ3) is 4.90. The van der Waals surface area contributed by atoms with Crippen molar-refractivity contribution in [2.45, 2.75) is 58.1 Å². The summed E-state index contributed by atoms with van der Waals surface area (Å²) in [4.78, 5) is 21.1. The van der Waals surface area contributed by atoms with E-state index in [1.54, 1.807) is 6.20 Å². The van der Waals surface area contributed by atoms with Crippen molar-refractivity contribution in [2.75, 3.05) is 25.5 Å². The minimum atomic E-state index is -3.69. The van der Waals surface area contributed by atoms with E-state index in [0.717, 1.165) is 52.3 Å². The smallest absolute Gasteiger partial charge is 0.423 e. The van der Waals surface area contributed by atoms with E-state index in [1.807, 2.05) is 23.0 Å². The van der Waals surface area contributed by atoms with Gasteiger partial charge in [0.2, 0.25) is 10.0 Å². The van der Waals surface area contributed by atoms with Gasteiger partial charge in [0, 0.05) is 38.7 Å². The van der Waals surface area contributed by atoms with Crippen molar-refractivity contribution >= 4 is 41.0 Å². The number of aromatic nitrogens is 4. The van der Waals surface area contributed by atoms with Crippen LogP contribution in [0.3, 0.4) is 0 Å². The van der Waals surface area contributed by atoms with E-state index < -0.39 is 24.2 Å². The maximum absolute atomic E-state index is 12.8. The largest absolute Gasteiger partial charge is 0.447 e. The van der Waals surface area contributed by atoms with E-state index in [0.29, 0.717) is 6.73 Å². The second kappa shape index (κ2) is 9.46. The lowest BCUT2D eigenvalue weighted by Crippen LogP contribution is -2.35. The Morgan fingerprint density at radius 1 is 1.19 bits per heavy atom. The summed E-state index contributed by atoms with van der Waals surface area (Å²) in [5.74, 6) is 0.371. The Labute approximate surface area is 212 Å². The van der Waals surface area contributed by atoms with Gasteiger partial charge >= 0.3 is 6.09 Å². The number of fused-ring (bicyclic) bond motifs is 3. The monoisotopic (exact) mass is 533 g/mol. The molecule has 4 heterocycles. The SMILES string of the molecule is CC1CC(CS(=O)(=O)N2CCOC2=O)CC1c1cnc2cnc3c(ccn3COCC[Si](C)(C)C)n12. The van der Waals surface area contributed by atoms with Gasteiger partial charge in [0.25, 0.3) is 0 Å². The number of ether oxygens (including phenoxy) is 2. The van der Waals surface area contributed by atoms with Crippen LogP contribution in [0.1, 0.15) is 31.4 Å². The summed E-state index contributed by atoms with van der Waals surface area (Å²) in [5, 5.41) is 0. The van der Waals surface area contributed by atoms with Gasteiger partial charge in [0.1, 0.15) is 13.3 Å². The first-order valence-electron chi connectivity index (χ1n) is 12.6. The summed E-state index contributed by atoms with van der Waals surface area (Å²) in [6.07, 6.45) is 6.42. The van der Waals surface area contributed by atoms with Crippen molar-refractivity contribution < 1.29 is 22.7 Å². The minimum Gasteiger partial charge on any atom is -0.447 e. The molecule has 5 rings (SSSR count). The molecule has 196 valence electrons. The number of cyclic esters (lactones) is 1. The molecule has 0 radical (unpaired) electrons. The molecule has 2 aliphatic rings. The highest BCUT2D eigenvalue weighted by atomic mass is 32.2. The van der Waals surface area contributed by atoms with Crippen molar-refractivity contribution in [3.63, 3.8) is 0 Å². The molecule has 3 atom stereocenters. The van der Waals surface area contributed by atoms with Crippen molar-refractivity contribution in [3.05, 3.63) is 30.4 Å². The summed E-state index contributed by atoms with van der Waals surface area (Å²) in [6, 6.07) is 3.16. The fraction of sp³-hybridized carbons (Fsp3) is 0.625. The highest BCUT2D eigenvalue weighted by Crippen LogP contribution is 2.44. The van der Waals surface area contributed by atoms with Crippen LogP contribution in [-0.4, -0.2) is 71.3 Å². The lowest BCUT2D eigenvalue weighted by molar-refractivity contribution is 0.0899. The molecule has 1 aliphatic heterocycles. The first-order valence-corrected chi connectivity index (χ1v) is 17.9. The maximum Gasteiger partial charge on any atom is 0.423 e. The third-order valence-electron chi connectivity index (χ3n) is 7.36. The highest BCUT2D eigenvalue weighted by molar-refractivity contribution is 7.89. The predicted molar refractivity (Wildman–Crippen MR) is 139 cm³/mol. The average Bonchev–Trinajstić information content (AvgIpc) is 3.56. The van der Waals surface area contributed by atoms with Crippen LogP contribution in [0.25, 0.3) is 16.8 Å². The molecule has 10 nitrogen and oxygen atoms in total. The van der Waals surface area contributed by atoms with Crippen LogP contribution in [0.4, 0.5) is 4.79 Å². The van der Waals surface area contributed by atoms with Gasteiger partial charge < -0.3 is 14.0 Å². The number of carbonyl (C=O) groups is 1. The number of amides is 1. The molecule has 3 aromatic heterocycles. The van der Waals surface area contributed by atoms with Crippen LogP contribution >= 0.6 is 0 Å². The van der Waals surface area contributed by atoms with Crippen molar-refractivity contribution in [2.24, 2.45) is 11.8 Å². The molecule has 3 unspecified atom stereocenters. The van der Waals surface area contributed by atoms with E-state index >= 15 is 0 Å². The summed E-state index contributed by atoms with van der Waals surface area (Å²) < 4.78 is 41.5. The van der Waals surface area contributed by atoms with Gasteiger partial charge in [-0.3, -0.25) is 4.40 Å². The van der Waals surface area contributed by atoms with Crippen molar-refractivity contribution in [1.29, 1.82) is 0 Å². The zero-order valence-corrected chi connectivity index (χ0v) is 23.2. The van der Waals surface area contributed by atoms with Gasteiger partial charge in [-0.1, -0.05) is 26.6 Å². The molecule has 0 N–H and O–H groups in total. The van der Waals surface area contributed by atoms with Crippen LogP contribution in [0.5, 0.6) is 0 Å². The Kier molecular flexibility index (Phi) is 6.62. The Balaban J connectivity index is 1.35. The quantitative estimate of drug-likeness (QED) is 0.303. The fourth-order valence-corrected chi connectivity index (χ4v) is 7.91. The molecule has 1 saturated carbocycles. The minimum absolute atomic E-state index is 0.0318. The molecular weight excluding hydrogens is 498 g/mol. The first kappa shape index (κ1) is 25.2. The lowest BCUT2D eigenvalue weighted by atomic mass is 9.95. The third-order valence-corrected chi connectivity index (χ3v) is 11.0. The van der Waals surface area contributed by atoms with Gasteiger partial charge in [-0.05, 0) is 36.8 Å². The number of sulfonamides is 1. The number of imidazole rings is 1. The number of nitrogens with zero attached hydrogens (tertiary/aromatic N) is 5. The van der Waals surface area contributed by atoms with E-state index in [4.69, 9.17) is 9.47 Å². The maximum atomic E-state index is 12.8. The Hall–Kier alpha value is -2.44. The summed E-state index contributed by atoms with van der Waals surface area (Å²) >= 11 is 0. The molecule has 1 saturated heterocycles. The van der Waals surface area contributed by atoms with Crippen LogP contribution in [0, 0.1) is 11.8 Å². The van der Waals surface area contributed by atoms with Gasteiger partial charge in [-0.15, -0.1) is 0 Å². The lowest BCUT2D eigenvalue weighted by Gasteiger charge is -2.17. The fourth-order valence-electron chi connectivity index (χ4n) is 5.47. The average molecular weight is 534 g/mol. The Bertz CT molecular complexity index is 1380. The molecule has 0 spiro atoms. The van der Waals surface area contributed by atoms with Gasteiger partial charge in [-0.25, -0.2) is 27.5 Å². The zero-order valence-electron chi connectivity index (χ0n) is 21.4. The molecule has 36 heavy (non-hydrogen) atoms. The van der Waals surface area contributed by atoms with Gasteiger partial charge in [0.15, 0.2) is 11.3 Å². The zero-order chi connectivity index (χ0) is 25.7. The standard InChI is InChI=1S/C24H35N5O5SSi/c1-17-11-18(15-35(31,32)28-7-8-34-24(28)30)12-19(17)21-13-25-22-14-26-23-20(29(21)22)5-6-27(23)16-33-9-10-36(2,3)4/h5-6,13-14,17-19H,7-12,15-16H2,1-4H3. The van der Waals surface area contributed by atoms with Crippen molar-refractivity contribution in [3.8, 4) is 0 Å². The first-order chi connectivity index (χ1) is 17.0. The number of carbonyl (C=O) groups excluding carboxylic acids is 1. The summed E-state index contributed by atoms with van der Waals surface area (Å²) in [5.41, 5.74) is 3.66. The van der Waals surface area contributed by atoms with Crippen LogP contribution < -0.4 is 0 Å². The normalized spacial score (nSPS) is 23.3. The molecule has 1 aliphatic carbocycles. The molecule has 3 aromatic rings. The van der Waals surface area contributed by atoms with Crippen LogP contribution in [-0.2, 0) is 26.2 Å². The molecular formula is C24H35N5O5SSi. The number of rotatable bonds is 9. The molecule has 1 amide bonds. The molecule has 12 heteroatoms. The van der Waals surface area contributed by atoms with E-state index in [2.05, 4.69) is 40.9 Å². The molecule has 0 bridgehead atoms. The summed E-state index contributed by atoms with van der Waals surface area (Å²) in [6.45, 7) is 10.6. The van der Waals surface area contributed by atoms with Crippen molar-refractivity contribution in [1.82, 2.24) is 23.2 Å². The Morgan fingerprint density at radius 3 is 2.72 bits per heavy atom. The number of hydrogen-bond acceptors (Lipinski definition) is 7. The van der Waals surface area contributed by atoms with Crippen LogP contribution in [0.2, 0.25) is 25.7 Å². The predicted octanol–water partition coefficient (Wildman–Crippen LogP) is 3.91. The highest BCUT2D eigenvalue weighted by Gasteiger charge is 2.40. The molecule has 2 fully saturated rings. The topological polar surface area (TPSA) is 108 Å². The number of hydrogen-bond donors (Lipinski definition) is 0. The molecule has 0 aromatic carbocycles. The van der Waals surface area contributed by atoms with E-state index in [9.17, 15) is 13.2 Å². The van der Waals surface area contributed by atoms with E-state index in [-0.39, 0.29) is 36.7 Å². The van der Waals surface area contributed by atoms with Gasteiger partial charge in [0.05, 0.1) is 24.0 Å². The Morgan fingerprint density at radius 2 is 2.00 bits per heavy atom. The van der Waals surface area contributed by atoms with Gasteiger partial charge in [-0.2, -0.15) is 0 Å².